The molecule has 2 N–H and O–H groups in total. The van der Waals surface area contributed by atoms with E-state index in [4.69, 9.17) is 16.3 Å². The molecule has 0 radical (unpaired) electrons. The molecule has 0 fully saturated rings. The highest BCUT2D eigenvalue weighted by Crippen LogP contribution is 2.33. The van der Waals surface area contributed by atoms with Gasteiger partial charge in [-0.3, -0.25) is 14.7 Å². The molecule has 1 aromatic carbocycles. The van der Waals surface area contributed by atoms with E-state index in [1.165, 1.54) is 11.3 Å². The van der Waals surface area contributed by atoms with Gasteiger partial charge in [-0.25, -0.2) is 0 Å². The van der Waals surface area contributed by atoms with Gasteiger partial charge in [-0.15, -0.1) is 11.3 Å². The predicted molar refractivity (Wildman–Crippen MR) is 127 cm³/mol. The first-order chi connectivity index (χ1) is 16.1. The van der Waals surface area contributed by atoms with Gasteiger partial charge in [-0.2, -0.15) is 5.10 Å². The number of H-pyrrole nitrogens is 1. The van der Waals surface area contributed by atoms with E-state index in [9.17, 15) is 9.59 Å². The fourth-order valence-corrected chi connectivity index (χ4v) is 5.35. The molecule has 9 heteroatoms. The maximum atomic E-state index is 13.5. The Balaban J connectivity index is 1.33. The summed E-state index contributed by atoms with van der Waals surface area (Å²) in [6, 6.07) is 11.2. The molecule has 0 saturated heterocycles. The number of thiophene rings is 1. The standard InChI is InChI=1S/C24H23ClN4O3S/c25-21-10-9-20(33-21)23-18(11-26-28-23)24(31)29-12-15-5-1-4-8-17(15)19(13-29)27-22(30)14-32-16-6-2-3-7-16/h1-5,8-11,16,19H,6-7,12-14H2,(H,26,28)(H,27,30). The van der Waals surface area contributed by atoms with Gasteiger partial charge in [0.1, 0.15) is 6.61 Å². The normalized spacial score (nSPS) is 17.8. The molecule has 0 spiro atoms. The Kier molecular flexibility index (Phi) is 6.30. The minimum Gasteiger partial charge on any atom is -0.368 e. The molecule has 1 atom stereocenters. The molecule has 2 amide bonds. The summed E-state index contributed by atoms with van der Waals surface area (Å²) in [4.78, 5) is 28.7. The number of halogens is 1. The van der Waals surface area contributed by atoms with Gasteiger partial charge >= 0.3 is 0 Å². The van der Waals surface area contributed by atoms with E-state index in [1.54, 1.807) is 17.2 Å². The van der Waals surface area contributed by atoms with E-state index >= 15 is 0 Å². The minimum absolute atomic E-state index is 0.00394. The van der Waals surface area contributed by atoms with Crippen molar-refractivity contribution in [2.24, 2.45) is 0 Å². The number of amides is 2. The molecule has 1 aliphatic heterocycles. The van der Waals surface area contributed by atoms with Gasteiger partial charge in [0.25, 0.3) is 5.91 Å². The number of benzene rings is 1. The number of carbonyl (C=O) groups excluding carboxylic acids is 2. The number of aromatic nitrogens is 2. The van der Waals surface area contributed by atoms with E-state index in [-0.39, 0.29) is 30.6 Å². The van der Waals surface area contributed by atoms with Crippen molar-refractivity contribution in [1.82, 2.24) is 20.4 Å². The molecular formula is C24H23ClN4O3S. The lowest BCUT2D eigenvalue weighted by atomic mass is 9.94. The number of nitrogens with zero attached hydrogens (tertiary/aromatic N) is 2. The van der Waals surface area contributed by atoms with Crippen molar-refractivity contribution >= 4 is 34.8 Å². The molecule has 0 saturated carbocycles. The quantitative estimate of drug-likeness (QED) is 0.511. The topological polar surface area (TPSA) is 87.3 Å². The van der Waals surface area contributed by atoms with Crippen LogP contribution >= 0.6 is 22.9 Å². The zero-order valence-corrected chi connectivity index (χ0v) is 19.4. The smallest absolute Gasteiger partial charge is 0.258 e. The van der Waals surface area contributed by atoms with Crippen molar-refractivity contribution < 1.29 is 14.3 Å². The zero-order chi connectivity index (χ0) is 22.8. The Morgan fingerprint density at radius 1 is 1.21 bits per heavy atom. The predicted octanol–water partition coefficient (Wildman–Crippen LogP) is 4.34. The molecule has 5 rings (SSSR count). The van der Waals surface area contributed by atoms with Gasteiger partial charge in [-0.1, -0.05) is 48.0 Å². The molecular weight excluding hydrogens is 460 g/mol. The molecule has 1 unspecified atom stereocenters. The van der Waals surface area contributed by atoms with E-state index in [1.807, 2.05) is 30.3 Å². The summed E-state index contributed by atoms with van der Waals surface area (Å²) in [5.41, 5.74) is 3.16. The first-order valence-corrected chi connectivity index (χ1v) is 12.0. The maximum Gasteiger partial charge on any atom is 0.258 e. The molecule has 170 valence electrons. The number of fused-ring (bicyclic) bond motifs is 1. The lowest BCUT2D eigenvalue weighted by molar-refractivity contribution is -0.128. The third-order valence-electron chi connectivity index (χ3n) is 5.92. The van der Waals surface area contributed by atoms with E-state index in [0.717, 1.165) is 28.8 Å². The number of ether oxygens (including phenoxy) is 1. The Bertz CT molecular complexity index is 1200. The number of hydrogen-bond acceptors (Lipinski definition) is 5. The van der Waals surface area contributed by atoms with Crippen LogP contribution in [0.4, 0.5) is 0 Å². The Hall–Kier alpha value is -2.94. The van der Waals surface area contributed by atoms with Crippen LogP contribution in [0.3, 0.4) is 0 Å². The summed E-state index contributed by atoms with van der Waals surface area (Å²) in [7, 11) is 0. The molecule has 33 heavy (non-hydrogen) atoms. The van der Waals surface area contributed by atoms with Crippen LogP contribution in [0.5, 0.6) is 0 Å². The molecule has 3 aromatic rings. The largest absolute Gasteiger partial charge is 0.368 e. The van der Waals surface area contributed by atoms with Crippen LogP contribution in [0.1, 0.15) is 40.4 Å². The van der Waals surface area contributed by atoms with Crippen LogP contribution in [-0.4, -0.2) is 46.2 Å². The Labute approximate surface area is 200 Å². The summed E-state index contributed by atoms with van der Waals surface area (Å²) in [5.74, 6) is -0.335. The summed E-state index contributed by atoms with van der Waals surface area (Å²) in [6.45, 7) is 0.827. The van der Waals surface area contributed by atoms with Gasteiger partial charge in [-0.05, 0) is 36.1 Å². The summed E-state index contributed by atoms with van der Waals surface area (Å²) >= 11 is 7.47. The number of carbonyl (C=O) groups is 2. The highest BCUT2D eigenvalue weighted by Gasteiger charge is 2.31. The van der Waals surface area contributed by atoms with Crippen LogP contribution in [0.2, 0.25) is 4.34 Å². The summed E-state index contributed by atoms with van der Waals surface area (Å²) in [5, 5.41) is 10.1. The molecule has 1 aliphatic carbocycles. The zero-order valence-electron chi connectivity index (χ0n) is 17.8. The van der Waals surface area contributed by atoms with Gasteiger partial charge < -0.3 is 15.0 Å². The molecule has 0 bridgehead atoms. The van der Waals surface area contributed by atoms with Crippen LogP contribution in [0, 0.1) is 0 Å². The molecule has 2 aliphatic rings. The Morgan fingerprint density at radius 2 is 2.03 bits per heavy atom. The number of hydrogen-bond donors (Lipinski definition) is 2. The first-order valence-electron chi connectivity index (χ1n) is 10.8. The first kappa shape index (κ1) is 21.9. The second-order valence-electron chi connectivity index (χ2n) is 8.14. The van der Waals surface area contributed by atoms with Crippen LogP contribution < -0.4 is 5.32 Å². The van der Waals surface area contributed by atoms with Crippen molar-refractivity contribution in [3.8, 4) is 10.6 Å². The molecule has 3 heterocycles. The Morgan fingerprint density at radius 3 is 2.82 bits per heavy atom. The van der Waals surface area contributed by atoms with Gasteiger partial charge in [0, 0.05) is 13.1 Å². The monoisotopic (exact) mass is 482 g/mol. The highest BCUT2D eigenvalue weighted by atomic mass is 35.5. The highest BCUT2D eigenvalue weighted by molar-refractivity contribution is 7.19. The van der Waals surface area contributed by atoms with E-state index in [2.05, 4.69) is 27.7 Å². The third-order valence-corrected chi connectivity index (χ3v) is 7.17. The average Bonchev–Trinajstić information content (AvgIpc) is 3.59. The van der Waals surface area contributed by atoms with Gasteiger partial charge in [0.05, 0.1) is 38.8 Å². The SMILES string of the molecule is O=C(COC1CC=CC1)NC1CN(C(=O)c2cn[nH]c2-c2ccc(Cl)s2)Cc2ccccc21. The second kappa shape index (κ2) is 9.51. The second-order valence-corrected chi connectivity index (χ2v) is 9.86. The number of nitrogens with one attached hydrogen (secondary N) is 2. The maximum absolute atomic E-state index is 13.5. The van der Waals surface area contributed by atoms with Gasteiger partial charge in [0.15, 0.2) is 0 Å². The van der Waals surface area contributed by atoms with E-state index < -0.39 is 0 Å². The number of aromatic amines is 1. The van der Waals surface area contributed by atoms with E-state index in [0.29, 0.717) is 28.7 Å². The summed E-state index contributed by atoms with van der Waals surface area (Å²) in [6.07, 6.45) is 7.42. The van der Waals surface area contributed by atoms with Crippen molar-refractivity contribution in [3.05, 3.63) is 75.8 Å². The van der Waals surface area contributed by atoms with Crippen molar-refractivity contribution in [1.29, 1.82) is 0 Å². The van der Waals surface area contributed by atoms with Crippen LogP contribution in [0.15, 0.2) is 54.7 Å². The van der Waals surface area contributed by atoms with Gasteiger partial charge in [0.2, 0.25) is 5.91 Å². The number of rotatable bonds is 6. The summed E-state index contributed by atoms with van der Waals surface area (Å²) < 4.78 is 6.36. The lowest BCUT2D eigenvalue weighted by Gasteiger charge is -2.35. The van der Waals surface area contributed by atoms with Crippen molar-refractivity contribution in [2.45, 2.75) is 31.5 Å². The van der Waals surface area contributed by atoms with Crippen molar-refractivity contribution in [2.75, 3.05) is 13.2 Å². The third kappa shape index (κ3) is 4.73. The fourth-order valence-electron chi connectivity index (χ4n) is 4.30. The van der Waals surface area contributed by atoms with Crippen LogP contribution in [-0.2, 0) is 16.1 Å². The van der Waals surface area contributed by atoms with Crippen LogP contribution in [0.25, 0.3) is 10.6 Å². The average molecular weight is 483 g/mol. The fraction of sp³-hybridized carbons (Fsp3) is 0.292. The lowest BCUT2D eigenvalue weighted by Crippen LogP contribution is -2.45. The minimum atomic E-state index is -0.316. The van der Waals surface area contributed by atoms with Crippen molar-refractivity contribution in [3.63, 3.8) is 0 Å². The molecule has 2 aromatic heterocycles. The molecule has 7 nitrogen and oxygen atoms in total.